The summed E-state index contributed by atoms with van der Waals surface area (Å²) in [5.74, 6) is 1.20. The molecule has 30 heavy (non-hydrogen) atoms. The number of nitrogens with zero attached hydrogens (tertiary/aromatic N) is 3. The number of oxazole rings is 1. The third-order valence-corrected chi connectivity index (χ3v) is 5.01. The molecule has 0 radical (unpaired) electrons. The van der Waals surface area contributed by atoms with Gasteiger partial charge in [-0.3, -0.25) is 14.7 Å². The Bertz CT molecular complexity index is 952. The molecule has 2 aromatic heterocycles. The standard InChI is InChI=1S/C23H26N4O3/c1-2-29-20-7-3-18(4-8-20)14-27(19-5-6-19)15-22-26-21(16-30-22)23(28)25-13-17-9-11-24-12-10-17/h3-4,7-12,16,19H,2,5-6,13-15H2,1H3,(H,25,28). The van der Waals surface area contributed by atoms with Gasteiger partial charge in [0.25, 0.3) is 5.91 Å². The van der Waals surface area contributed by atoms with E-state index in [1.165, 1.54) is 24.7 Å². The van der Waals surface area contributed by atoms with Gasteiger partial charge in [-0.2, -0.15) is 0 Å². The quantitative estimate of drug-likeness (QED) is 0.554. The summed E-state index contributed by atoms with van der Waals surface area (Å²) in [6.07, 6.45) is 7.19. The van der Waals surface area contributed by atoms with Crippen LogP contribution in [0.4, 0.5) is 0 Å². The van der Waals surface area contributed by atoms with Crippen molar-refractivity contribution in [3.8, 4) is 5.75 Å². The molecule has 2 heterocycles. The van der Waals surface area contributed by atoms with Crippen molar-refractivity contribution < 1.29 is 13.9 Å². The minimum atomic E-state index is -0.244. The van der Waals surface area contributed by atoms with Crippen LogP contribution >= 0.6 is 0 Å². The number of carbonyl (C=O) groups excluding carboxylic acids is 1. The molecule has 0 unspecified atom stereocenters. The van der Waals surface area contributed by atoms with Gasteiger partial charge in [-0.15, -0.1) is 0 Å². The van der Waals surface area contributed by atoms with E-state index in [0.29, 0.717) is 37.3 Å². The van der Waals surface area contributed by atoms with Gasteiger partial charge in [-0.1, -0.05) is 12.1 Å². The highest BCUT2D eigenvalue weighted by Gasteiger charge is 2.30. The maximum Gasteiger partial charge on any atom is 0.273 e. The lowest BCUT2D eigenvalue weighted by Gasteiger charge is -2.20. The first-order valence-electron chi connectivity index (χ1n) is 10.3. The molecule has 1 aromatic carbocycles. The van der Waals surface area contributed by atoms with Gasteiger partial charge >= 0.3 is 0 Å². The lowest BCUT2D eigenvalue weighted by atomic mass is 10.2. The predicted molar refractivity (Wildman–Crippen MR) is 112 cm³/mol. The number of hydrogen-bond acceptors (Lipinski definition) is 6. The van der Waals surface area contributed by atoms with Crippen molar-refractivity contribution in [1.29, 1.82) is 0 Å². The van der Waals surface area contributed by atoms with Gasteiger partial charge in [0.1, 0.15) is 12.0 Å². The minimum absolute atomic E-state index is 0.244. The van der Waals surface area contributed by atoms with Crippen molar-refractivity contribution >= 4 is 5.91 Å². The summed E-state index contributed by atoms with van der Waals surface area (Å²) < 4.78 is 11.1. The first-order valence-corrected chi connectivity index (χ1v) is 10.3. The molecule has 1 aliphatic carbocycles. The first-order chi connectivity index (χ1) is 14.7. The minimum Gasteiger partial charge on any atom is -0.494 e. The van der Waals surface area contributed by atoms with E-state index in [0.717, 1.165) is 17.9 Å². The van der Waals surface area contributed by atoms with Crippen molar-refractivity contribution in [1.82, 2.24) is 20.2 Å². The second-order valence-electron chi connectivity index (χ2n) is 7.38. The summed E-state index contributed by atoms with van der Waals surface area (Å²) in [6, 6.07) is 12.4. The molecule has 0 spiro atoms. The Balaban J connectivity index is 1.34. The second kappa shape index (κ2) is 9.54. The van der Waals surface area contributed by atoms with Crippen LogP contribution in [0.15, 0.2) is 59.5 Å². The Morgan fingerprint density at radius 3 is 2.60 bits per heavy atom. The molecule has 7 nitrogen and oxygen atoms in total. The van der Waals surface area contributed by atoms with Gasteiger partial charge in [0, 0.05) is 31.5 Å². The highest BCUT2D eigenvalue weighted by atomic mass is 16.5. The van der Waals surface area contributed by atoms with Gasteiger partial charge in [0.2, 0.25) is 5.89 Å². The van der Waals surface area contributed by atoms with E-state index in [1.54, 1.807) is 12.4 Å². The molecule has 0 atom stereocenters. The zero-order valence-corrected chi connectivity index (χ0v) is 17.1. The monoisotopic (exact) mass is 406 g/mol. The van der Waals surface area contributed by atoms with Crippen molar-refractivity contribution in [2.45, 2.75) is 45.4 Å². The molecule has 4 rings (SSSR count). The lowest BCUT2D eigenvalue weighted by Crippen LogP contribution is -2.26. The highest BCUT2D eigenvalue weighted by molar-refractivity contribution is 5.91. The molecule has 1 N–H and O–H groups in total. The van der Waals surface area contributed by atoms with Crippen LogP contribution in [0.5, 0.6) is 5.75 Å². The molecule has 1 amide bonds. The zero-order valence-electron chi connectivity index (χ0n) is 17.1. The summed E-state index contributed by atoms with van der Waals surface area (Å²) in [7, 11) is 0. The van der Waals surface area contributed by atoms with Crippen LogP contribution in [0.3, 0.4) is 0 Å². The molecule has 7 heteroatoms. The van der Waals surface area contributed by atoms with Crippen LogP contribution in [-0.2, 0) is 19.6 Å². The predicted octanol–water partition coefficient (Wildman–Crippen LogP) is 3.56. The van der Waals surface area contributed by atoms with E-state index < -0.39 is 0 Å². The Kier molecular flexibility index (Phi) is 6.39. The number of nitrogens with one attached hydrogen (secondary N) is 1. The van der Waals surface area contributed by atoms with Crippen LogP contribution in [0.25, 0.3) is 0 Å². The molecular weight excluding hydrogens is 380 g/mol. The summed E-state index contributed by atoms with van der Waals surface area (Å²) in [6.45, 7) is 4.46. The normalized spacial score (nSPS) is 13.4. The van der Waals surface area contributed by atoms with Crippen LogP contribution in [0, 0.1) is 0 Å². The van der Waals surface area contributed by atoms with Crippen LogP contribution < -0.4 is 10.1 Å². The first kappa shape index (κ1) is 20.1. The molecule has 156 valence electrons. The number of ether oxygens (including phenoxy) is 1. The number of aromatic nitrogens is 2. The van der Waals surface area contributed by atoms with E-state index in [4.69, 9.17) is 9.15 Å². The van der Waals surface area contributed by atoms with Gasteiger partial charge in [0.15, 0.2) is 5.69 Å². The van der Waals surface area contributed by atoms with E-state index in [9.17, 15) is 4.79 Å². The van der Waals surface area contributed by atoms with Crippen LogP contribution in [0.1, 0.15) is 47.3 Å². The second-order valence-corrected chi connectivity index (χ2v) is 7.38. The van der Waals surface area contributed by atoms with Gasteiger partial charge in [-0.25, -0.2) is 4.98 Å². The average Bonchev–Trinajstić information content (AvgIpc) is 3.52. The summed E-state index contributed by atoms with van der Waals surface area (Å²) in [4.78, 5) is 23.1. The van der Waals surface area contributed by atoms with E-state index in [-0.39, 0.29) is 5.91 Å². The fourth-order valence-electron chi connectivity index (χ4n) is 3.28. The molecule has 1 saturated carbocycles. The van der Waals surface area contributed by atoms with E-state index in [1.807, 2.05) is 31.2 Å². The van der Waals surface area contributed by atoms with Crippen molar-refractivity contribution in [2.75, 3.05) is 6.61 Å². The number of carbonyl (C=O) groups is 1. The molecule has 0 bridgehead atoms. The molecule has 0 saturated heterocycles. The molecular formula is C23H26N4O3. The Hall–Kier alpha value is -3.19. The maximum absolute atomic E-state index is 12.4. The number of amides is 1. The van der Waals surface area contributed by atoms with Crippen molar-refractivity contribution in [2.24, 2.45) is 0 Å². The lowest BCUT2D eigenvalue weighted by molar-refractivity contribution is 0.0945. The SMILES string of the molecule is CCOc1ccc(CN(Cc2nc(C(=O)NCc3ccncc3)co2)C2CC2)cc1. The Morgan fingerprint density at radius 1 is 1.13 bits per heavy atom. The maximum atomic E-state index is 12.4. The number of hydrogen-bond donors (Lipinski definition) is 1. The smallest absolute Gasteiger partial charge is 0.273 e. The Labute approximate surface area is 176 Å². The third-order valence-electron chi connectivity index (χ3n) is 5.01. The fourth-order valence-corrected chi connectivity index (χ4v) is 3.28. The van der Waals surface area contributed by atoms with Crippen molar-refractivity contribution in [3.63, 3.8) is 0 Å². The topological polar surface area (TPSA) is 80.5 Å². The largest absolute Gasteiger partial charge is 0.494 e. The van der Waals surface area contributed by atoms with Crippen LogP contribution in [-0.4, -0.2) is 33.4 Å². The molecule has 0 aliphatic heterocycles. The average molecular weight is 406 g/mol. The third kappa shape index (κ3) is 5.45. The number of pyridine rings is 1. The Morgan fingerprint density at radius 2 is 1.90 bits per heavy atom. The molecule has 1 fully saturated rings. The highest BCUT2D eigenvalue weighted by Crippen LogP contribution is 2.30. The molecule has 3 aromatic rings. The fraction of sp³-hybridized carbons (Fsp3) is 0.348. The van der Waals surface area contributed by atoms with Gasteiger partial charge in [-0.05, 0) is 55.2 Å². The summed E-state index contributed by atoms with van der Waals surface area (Å²) in [5.41, 5.74) is 2.50. The number of benzene rings is 1. The van der Waals surface area contributed by atoms with Gasteiger partial charge in [0.05, 0.1) is 13.2 Å². The zero-order chi connectivity index (χ0) is 20.8. The van der Waals surface area contributed by atoms with Crippen molar-refractivity contribution in [3.05, 3.63) is 77.8 Å². The van der Waals surface area contributed by atoms with Crippen LogP contribution in [0.2, 0.25) is 0 Å². The van der Waals surface area contributed by atoms with Gasteiger partial charge < -0.3 is 14.5 Å². The summed E-state index contributed by atoms with van der Waals surface area (Å²) in [5, 5.41) is 2.86. The number of rotatable bonds is 10. The molecule has 1 aliphatic rings. The van der Waals surface area contributed by atoms with E-state index in [2.05, 4.69) is 32.3 Å². The summed E-state index contributed by atoms with van der Waals surface area (Å²) >= 11 is 0. The van der Waals surface area contributed by atoms with E-state index >= 15 is 0 Å².